The second-order valence-electron chi connectivity index (χ2n) is 15.7. The zero-order chi connectivity index (χ0) is 43.5. The van der Waals surface area contributed by atoms with Crippen LogP contribution in [0, 0.1) is 0 Å². The molecule has 8 N–H and O–H groups in total. The minimum atomic E-state index is -1.24. The molecule has 1 saturated heterocycles. The van der Waals surface area contributed by atoms with Crippen molar-refractivity contribution >= 4 is 42.8 Å². The maximum atomic E-state index is 13.7. The number of para-hydroxylation sites is 1. The third-order valence-electron chi connectivity index (χ3n) is 10.8. The van der Waals surface area contributed by atoms with Gasteiger partial charge in [-0.25, -0.2) is 15.1 Å². The Morgan fingerprint density at radius 1 is 0.933 bits per heavy atom. The van der Waals surface area contributed by atoms with E-state index in [9.17, 15) is 44.5 Å². The van der Waals surface area contributed by atoms with E-state index in [2.05, 4.69) is 33.2 Å². The number of hydroxylamine groups is 4. The van der Waals surface area contributed by atoms with Gasteiger partial charge in [0.05, 0.1) is 18.2 Å². The lowest BCUT2D eigenvalue weighted by atomic mass is 10.0. The summed E-state index contributed by atoms with van der Waals surface area (Å²) in [6.45, 7) is 1.89. The number of Topliss-reactive ketones (excluding diaryl/α,β-unsaturated/α-hetero) is 1. The Morgan fingerprint density at radius 3 is 2.27 bits per heavy atom. The number of nitrogens with one attached hydrogen (secondary N) is 4. The van der Waals surface area contributed by atoms with Gasteiger partial charge in [-0.15, -0.1) is 0 Å². The number of ether oxygens (including phenoxy) is 1. The molecule has 1 aromatic rings. The zero-order valence-electron chi connectivity index (χ0n) is 35.5. The number of phenolic OH excluding ortho intramolecular Hbond substituents is 1. The maximum Gasteiger partial charge on any atom is 0.302 e. The number of benzene rings is 1. The van der Waals surface area contributed by atoms with Crippen LogP contribution in [0.25, 0.3) is 0 Å². The fourth-order valence-electron chi connectivity index (χ4n) is 7.22. The van der Waals surface area contributed by atoms with E-state index in [-0.39, 0.29) is 56.5 Å². The standard InChI is InChI=1S/C42H69BN7O10/c1-2-3-4-5-6-7-8-9-10-11-12-13-14-25-37(53)49(58)26-19-17-22-32(46-39(54)34-29-60-41(48-34)31-21-15-16-24-35(31)51)36(52)28-44-38(45-30-43-57)40(55)47-33-23-18-20-27-50(59)42(33)56/h15-16,21,24,32-34,38,44-45,51,57-59H,2-14,17-20,22-23,25-30H2,1H3,(H,46,54)(H,47,55). The Hall–Kier alpha value is -4.10. The summed E-state index contributed by atoms with van der Waals surface area (Å²) in [7, 11) is 0.779. The molecule has 2 aliphatic heterocycles. The smallest absolute Gasteiger partial charge is 0.302 e. The van der Waals surface area contributed by atoms with Gasteiger partial charge >= 0.3 is 7.48 Å². The average Bonchev–Trinajstić information content (AvgIpc) is 3.68. The first kappa shape index (κ1) is 50.3. The molecule has 1 radical (unpaired) electrons. The van der Waals surface area contributed by atoms with Gasteiger partial charge in [-0.2, -0.15) is 0 Å². The van der Waals surface area contributed by atoms with Crippen LogP contribution >= 0.6 is 0 Å². The molecule has 0 saturated carbocycles. The van der Waals surface area contributed by atoms with Crippen molar-refractivity contribution in [2.45, 2.75) is 160 Å². The molecule has 4 unspecified atom stereocenters. The van der Waals surface area contributed by atoms with Crippen molar-refractivity contribution in [3.63, 3.8) is 0 Å². The predicted molar refractivity (Wildman–Crippen MR) is 226 cm³/mol. The minimum absolute atomic E-state index is 0.0457. The Bertz CT molecular complexity index is 1500. The third-order valence-corrected chi connectivity index (χ3v) is 10.8. The van der Waals surface area contributed by atoms with Crippen LogP contribution in [0.2, 0.25) is 0 Å². The summed E-state index contributed by atoms with van der Waals surface area (Å²) in [4.78, 5) is 69.8. The van der Waals surface area contributed by atoms with E-state index in [1.165, 1.54) is 63.9 Å². The van der Waals surface area contributed by atoms with Crippen LogP contribution in [0.4, 0.5) is 0 Å². The fraction of sp³-hybridized carbons (Fsp3) is 0.714. The number of aromatic hydroxyl groups is 1. The normalized spacial score (nSPS) is 17.6. The van der Waals surface area contributed by atoms with E-state index in [0.29, 0.717) is 54.2 Å². The fourth-order valence-corrected chi connectivity index (χ4v) is 7.22. The number of ketones is 1. The van der Waals surface area contributed by atoms with Crippen molar-refractivity contribution in [3.05, 3.63) is 29.8 Å². The van der Waals surface area contributed by atoms with Crippen molar-refractivity contribution in [1.29, 1.82) is 0 Å². The Morgan fingerprint density at radius 2 is 1.60 bits per heavy atom. The SMILES string of the molecule is CCCCCCCCCCCCCCCC(=O)N(O)CCCCC(NC(=O)C1COC(c2ccccc2O)=N1)C(=O)CNC(NC[B]O)C(=O)NC1CCCCN(O)C1=O. The number of rotatable bonds is 31. The third kappa shape index (κ3) is 18.7. The first-order chi connectivity index (χ1) is 29.0. The molecule has 4 atom stereocenters. The van der Waals surface area contributed by atoms with Gasteiger partial charge in [-0.3, -0.25) is 45.0 Å². The van der Waals surface area contributed by atoms with Crippen LogP contribution in [-0.2, 0) is 28.7 Å². The molecule has 2 heterocycles. The van der Waals surface area contributed by atoms with Crippen molar-refractivity contribution < 1.29 is 49.3 Å². The quantitative estimate of drug-likeness (QED) is 0.0176. The highest BCUT2D eigenvalue weighted by molar-refractivity contribution is 6.25. The number of carbonyl (C=O) groups is 5. The summed E-state index contributed by atoms with van der Waals surface area (Å²) in [5.74, 6) is -2.79. The molecule has 3 rings (SSSR count). The second kappa shape index (κ2) is 29.2. The molecular formula is C42H69BN7O10. The van der Waals surface area contributed by atoms with Gasteiger partial charge in [0.25, 0.3) is 11.8 Å². The molecule has 0 aromatic heterocycles. The summed E-state index contributed by atoms with van der Waals surface area (Å²) in [5, 5.41) is 52.1. The number of nitrogens with zero attached hydrogens (tertiary/aromatic N) is 3. The van der Waals surface area contributed by atoms with Crippen LogP contribution in [0.5, 0.6) is 5.75 Å². The molecule has 1 fully saturated rings. The Balaban J connectivity index is 1.51. The molecule has 0 aliphatic carbocycles. The number of hydrogen-bond donors (Lipinski definition) is 8. The minimum Gasteiger partial charge on any atom is -0.507 e. The van der Waals surface area contributed by atoms with E-state index in [0.717, 1.165) is 26.7 Å². The molecule has 60 heavy (non-hydrogen) atoms. The van der Waals surface area contributed by atoms with E-state index < -0.39 is 54.3 Å². The van der Waals surface area contributed by atoms with Crippen molar-refractivity contribution in [1.82, 2.24) is 31.4 Å². The van der Waals surface area contributed by atoms with Gasteiger partial charge in [0.15, 0.2) is 11.8 Å². The van der Waals surface area contributed by atoms with Crippen LogP contribution in [0.15, 0.2) is 29.3 Å². The maximum absolute atomic E-state index is 13.7. The zero-order valence-corrected chi connectivity index (χ0v) is 35.5. The van der Waals surface area contributed by atoms with Crippen molar-refractivity contribution in [2.24, 2.45) is 4.99 Å². The highest BCUT2D eigenvalue weighted by Crippen LogP contribution is 2.21. The summed E-state index contributed by atoms with van der Waals surface area (Å²) < 4.78 is 5.60. The highest BCUT2D eigenvalue weighted by atomic mass is 16.5. The molecule has 4 amide bonds. The molecular weight excluding hydrogens is 773 g/mol. The van der Waals surface area contributed by atoms with E-state index in [1.54, 1.807) is 18.2 Å². The molecule has 335 valence electrons. The lowest BCUT2D eigenvalue weighted by Gasteiger charge is -2.25. The number of hydrogen-bond acceptors (Lipinski definition) is 13. The van der Waals surface area contributed by atoms with Crippen LogP contribution in [-0.4, -0.2) is 130 Å². The summed E-state index contributed by atoms with van der Waals surface area (Å²) in [6.07, 6.45) is 16.6. The highest BCUT2D eigenvalue weighted by Gasteiger charge is 2.33. The number of aliphatic imine (C=N–C) groups is 1. The van der Waals surface area contributed by atoms with Gasteiger partial charge in [0.1, 0.15) is 24.6 Å². The molecule has 0 spiro atoms. The van der Waals surface area contributed by atoms with Crippen LogP contribution in [0.1, 0.15) is 141 Å². The first-order valence-corrected chi connectivity index (χ1v) is 22.1. The second-order valence-corrected chi connectivity index (χ2v) is 15.7. The lowest BCUT2D eigenvalue weighted by Crippen LogP contribution is -2.59. The van der Waals surface area contributed by atoms with Crippen molar-refractivity contribution in [2.75, 3.05) is 32.7 Å². The Kier molecular flexibility index (Phi) is 24.5. The average molecular weight is 843 g/mol. The number of carbonyl (C=O) groups excluding carboxylic acids is 5. The van der Waals surface area contributed by atoms with Gasteiger partial charge in [-0.05, 0) is 63.5 Å². The van der Waals surface area contributed by atoms with Gasteiger partial charge in [0, 0.05) is 19.5 Å². The molecule has 1 aromatic carbocycles. The van der Waals surface area contributed by atoms with E-state index >= 15 is 0 Å². The monoisotopic (exact) mass is 843 g/mol. The van der Waals surface area contributed by atoms with E-state index in [4.69, 9.17) is 4.74 Å². The van der Waals surface area contributed by atoms with Gasteiger partial charge in [0.2, 0.25) is 17.7 Å². The van der Waals surface area contributed by atoms with Crippen molar-refractivity contribution in [3.8, 4) is 5.75 Å². The summed E-state index contributed by atoms with van der Waals surface area (Å²) in [6, 6.07) is 3.33. The summed E-state index contributed by atoms with van der Waals surface area (Å²) in [5.41, 5.74) is 0.316. The molecule has 18 heteroatoms. The first-order valence-electron chi connectivity index (χ1n) is 22.1. The molecule has 0 bridgehead atoms. The number of unbranched alkanes of at least 4 members (excludes halogenated alkanes) is 13. The largest absolute Gasteiger partial charge is 0.507 e. The van der Waals surface area contributed by atoms with Crippen LogP contribution < -0.4 is 21.3 Å². The molecule has 17 nitrogen and oxygen atoms in total. The topological polar surface area (TPSA) is 242 Å². The van der Waals surface area contributed by atoms with Crippen LogP contribution in [0.3, 0.4) is 0 Å². The van der Waals surface area contributed by atoms with Gasteiger partial charge < -0.3 is 25.5 Å². The predicted octanol–water partition coefficient (Wildman–Crippen LogP) is 3.42. The van der Waals surface area contributed by atoms with Gasteiger partial charge in [-0.1, -0.05) is 96.1 Å². The number of amides is 4. The number of phenols is 1. The summed E-state index contributed by atoms with van der Waals surface area (Å²) >= 11 is 0. The Labute approximate surface area is 355 Å². The molecule has 2 aliphatic rings. The van der Waals surface area contributed by atoms with E-state index in [1.807, 2.05) is 0 Å². The lowest BCUT2D eigenvalue weighted by molar-refractivity contribution is -0.167.